The number of methoxy groups -OCH3 is 1. The summed E-state index contributed by atoms with van der Waals surface area (Å²) >= 11 is 4.52. The normalized spacial score (nSPS) is 11.8. The van der Waals surface area contributed by atoms with Crippen molar-refractivity contribution in [2.75, 3.05) is 41.1 Å². The Morgan fingerprint density at radius 1 is 0.686 bits per heavy atom. The van der Waals surface area contributed by atoms with Gasteiger partial charge in [0.05, 0.1) is 44.1 Å². The summed E-state index contributed by atoms with van der Waals surface area (Å²) in [5.41, 5.74) is 10.9. The highest BCUT2D eigenvalue weighted by atomic mass is 32.2. The first kappa shape index (κ1) is 38.9. The van der Waals surface area contributed by atoms with E-state index in [-0.39, 0.29) is 42.6 Å². The minimum Gasteiger partial charge on any atom is -0.497 e. The quantitative estimate of drug-likeness (QED) is 0.0855. The number of fused-ring (bicyclic) bond motifs is 1. The summed E-state index contributed by atoms with van der Waals surface area (Å²) < 4.78 is 88.5. The number of primary amides is 2. The molecule has 0 unspecified atom stereocenters. The van der Waals surface area contributed by atoms with Crippen LogP contribution in [0.3, 0.4) is 0 Å². The van der Waals surface area contributed by atoms with E-state index in [0.29, 0.717) is 31.6 Å². The molecule has 0 bridgehead atoms. The molecule has 4 N–H and O–H groups in total. The molecular formula is C33H35N5O9S4. The Morgan fingerprint density at radius 2 is 1.14 bits per heavy atom. The fraction of sp³-hybridized carbons (Fsp3) is 0.242. The Labute approximate surface area is 301 Å². The molecule has 0 radical (unpaired) electrons. The highest BCUT2D eigenvalue weighted by molar-refractivity contribution is 7.93. The summed E-state index contributed by atoms with van der Waals surface area (Å²) in [5, 5.41) is 2.64. The molecule has 0 aromatic heterocycles. The number of isothiocyanates is 1. The Morgan fingerprint density at radius 3 is 1.57 bits per heavy atom. The molecule has 0 aliphatic rings. The smallest absolute Gasteiger partial charge is 0.264 e. The fourth-order valence-corrected chi connectivity index (χ4v) is 9.59. The lowest BCUT2D eigenvalue weighted by molar-refractivity contribution is -0.117. The number of sulfone groups is 1. The van der Waals surface area contributed by atoms with Gasteiger partial charge in [-0.2, -0.15) is 0 Å². The molecule has 0 saturated carbocycles. The average molecular weight is 774 g/mol. The van der Waals surface area contributed by atoms with Crippen LogP contribution in [0.2, 0.25) is 0 Å². The van der Waals surface area contributed by atoms with Gasteiger partial charge in [-0.3, -0.25) is 18.2 Å². The molecule has 4 aromatic carbocycles. The molecule has 4 aromatic rings. The number of nitrogens with zero attached hydrogens (tertiary/aromatic N) is 3. The van der Waals surface area contributed by atoms with Crippen LogP contribution in [0.4, 0.5) is 11.4 Å². The molecule has 0 heterocycles. The standard InChI is InChI=1S/C33H35N5O9S4/c1-47-24-9-11-26(12-10-24)50(43,44)37(21-32(34)39)30-17-18-31(29-8-4-3-7-28(29)30)38(22-33(35)40)51(45,46)27-15-13-25(14-16-27)49(41,42)20-6-2-5-19-36-23-48/h3-4,7-18H,2,5-6,19-22H2,1H3,(H2,34,39)(H2,35,40). The van der Waals surface area contributed by atoms with Gasteiger partial charge in [-0.05, 0) is 85.7 Å². The van der Waals surface area contributed by atoms with Crippen LogP contribution in [-0.2, 0) is 39.5 Å². The predicted molar refractivity (Wildman–Crippen MR) is 197 cm³/mol. The van der Waals surface area contributed by atoms with Gasteiger partial charge in [-0.15, -0.1) is 0 Å². The van der Waals surface area contributed by atoms with Gasteiger partial charge in [0.1, 0.15) is 18.8 Å². The SMILES string of the molecule is COc1ccc(S(=O)(=O)N(CC(N)=O)c2ccc(N(CC(N)=O)S(=O)(=O)c3ccc(S(=O)(=O)CCCCCN=C=S)cc3)c3ccccc23)cc1. The number of aliphatic imine (C=N–C) groups is 1. The van der Waals surface area contributed by atoms with Gasteiger partial charge in [-0.25, -0.2) is 30.2 Å². The second kappa shape index (κ2) is 16.4. The van der Waals surface area contributed by atoms with Gasteiger partial charge in [0.25, 0.3) is 20.0 Å². The summed E-state index contributed by atoms with van der Waals surface area (Å²) in [5.74, 6) is -1.72. The Hall–Kier alpha value is -4.87. The van der Waals surface area contributed by atoms with E-state index in [2.05, 4.69) is 22.4 Å². The number of unbranched alkanes of at least 4 members (excludes halogenated alkanes) is 2. The lowest BCUT2D eigenvalue weighted by atomic mass is 10.1. The molecule has 0 saturated heterocycles. The van der Waals surface area contributed by atoms with Crippen molar-refractivity contribution in [3.05, 3.63) is 84.9 Å². The molecule has 0 spiro atoms. The monoisotopic (exact) mass is 773 g/mol. The number of nitrogens with two attached hydrogens (primary N) is 2. The number of hydrogen-bond donors (Lipinski definition) is 2. The van der Waals surface area contributed by atoms with Crippen molar-refractivity contribution < 1.29 is 39.6 Å². The first-order valence-electron chi connectivity index (χ1n) is 15.3. The van der Waals surface area contributed by atoms with Crippen LogP contribution in [0.1, 0.15) is 19.3 Å². The zero-order valence-electron chi connectivity index (χ0n) is 27.3. The molecule has 2 amide bonds. The first-order valence-corrected chi connectivity index (χ1v) is 20.2. The second-order valence-corrected chi connectivity index (χ2v) is 17.1. The van der Waals surface area contributed by atoms with Crippen molar-refractivity contribution in [3.63, 3.8) is 0 Å². The van der Waals surface area contributed by atoms with Gasteiger partial charge in [0.15, 0.2) is 9.84 Å². The van der Waals surface area contributed by atoms with Gasteiger partial charge >= 0.3 is 0 Å². The third-order valence-electron chi connectivity index (χ3n) is 7.68. The van der Waals surface area contributed by atoms with Crippen LogP contribution in [0.15, 0.2) is 105 Å². The molecular weight excluding hydrogens is 739 g/mol. The predicted octanol–water partition coefficient (Wildman–Crippen LogP) is 3.26. The van der Waals surface area contributed by atoms with Gasteiger partial charge in [0.2, 0.25) is 11.8 Å². The Kier molecular flexibility index (Phi) is 12.5. The Balaban J connectivity index is 1.76. The number of rotatable bonds is 18. The number of carbonyl (C=O) groups excluding carboxylic acids is 2. The minimum absolute atomic E-state index is 0.00129. The van der Waals surface area contributed by atoms with E-state index in [4.69, 9.17) is 16.2 Å². The van der Waals surface area contributed by atoms with Crippen molar-refractivity contribution in [2.24, 2.45) is 16.5 Å². The number of hydrogen-bond acceptors (Lipinski definition) is 11. The highest BCUT2D eigenvalue weighted by Crippen LogP contribution is 2.38. The number of anilines is 2. The van der Waals surface area contributed by atoms with Crippen LogP contribution in [0.5, 0.6) is 5.75 Å². The lowest BCUT2D eigenvalue weighted by Crippen LogP contribution is -2.39. The van der Waals surface area contributed by atoms with Crippen LogP contribution in [0.25, 0.3) is 10.8 Å². The van der Waals surface area contributed by atoms with Crippen molar-refractivity contribution >= 4 is 81.2 Å². The van der Waals surface area contributed by atoms with Crippen molar-refractivity contribution in [1.82, 2.24) is 0 Å². The number of ether oxygens (including phenoxy) is 1. The average Bonchev–Trinajstić information content (AvgIpc) is 3.10. The summed E-state index contributed by atoms with van der Waals surface area (Å²) in [6, 6.07) is 18.8. The summed E-state index contributed by atoms with van der Waals surface area (Å²) in [7, 11) is -11.3. The maximum atomic E-state index is 14.1. The maximum absolute atomic E-state index is 14.1. The maximum Gasteiger partial charge on any atom is 0.264 e. The van der Waals surface area contributed by atoms with E-state index in [1.54, 1.807) is 12.1 Å². The lowest BCUT2D eigenvalue weighted by Gasteiger charge is -2.28. The van der Waals surface area contributed by atoms with Crippen LogP contribution in [-0.4, -0.2) is 74.7 Å². The van der Waals surface area contributed by atoms with Gasteiger partial charge in [0, 0.05) is 17.3 Å². The highest BCUT2D eigenvalue weighted by Gasteiger charge is 2.32. The van der Waals surface area contributed by atoms with E-state index in [1.165, 1.54) is 67.8 Å². The second-order valence-electron chi connectivity index (χ2n) is 11.1. The molecule has 14 nitrogen and oxygen atoms in total. The molecule has 270 valence electrons. The van der Waals surface area contributed by atoms with E-state index in [0.717, 1.165) is 20.7 Å². The minimum atomic E-state index is -4.57. The van der Waals surface area contributed by atoms with Crippen LogP contribution < -0.4 is 24.8 Å². The zero-order valence-corrected chi connectivity index (χ0v) is 30.6. The fourth-order valence-electron chi connectivity index (χ4n) is 5.23. The van der Waals surface area contributed by atoms with Crippen molar-refractivity contribution in [3.8, 4) is 5.75 Å². The topological polar surface area (TPSA) is 217 Å². The van der Waals surface area contributed by atoms with Crippen molar-refractivity contribution in [2.45, 2.75) is 33.9 Å². The van der Waals surface area contributed by atoms with Gasteiger partial charge in [-0.1, -0.05) is 30.7 Å². The largest absolute Gasteiger partial charge is 0.497 e. The molecule has 0 aliphatic carbocycles. The summed E-state index contributed by atoms with van der Waals surface area (Å²) in [6.07, 6.45) is 1.60. The summed E-state index contributed by atoms with van der Waals surface area (Å²) in [6.45, 7) is -1.11. The van der Waals surface area contributed by atoms with Crippen LogP contribution in [0, 0.1) is 0 Å². The van der Waals surface area contributed by atoms with E-state index >= 15 is 0 Å². The third-order valence-corrected chi connectivity index (χ3v) is 13.2. The third kappa shape index (κ3) is 9.08. The molecule has 4 rings (SSSR count). The van der Waals surface area contributed by atoms with E-state index in [1.807, 2.05) is 0 Å². The van der Waals surface area contributed by atoms with Gasteiger partial charge < -0.3 is 16.2 Å². The molecule has 18 heteroatoms. The van der Waals surface area contributed by atoms with E-state index < -0.39 is 54.8 Å². The molecule has 0 aliphatic heterocycles. The van der Waals surface area contributed by atoms with Crippen LogP contribution >= 0.6 is 12.2 Å². The number of thiocarbonyl (C=S) groups is 1. The zero-order chi connectivity index (χ0) is 37.4. The van der Waals surface area contributed by atoms with Crippen molar-refractivity contribution in [1.29, 1.82) is 0 Å². The number of amides is 2. The Bertz CT molecular complexity index is 2290. The number of benzene rings is 4. The summed E-state index contributed by atoms with van der Waals surface area (Å²) in [4.78, 5) is 27.7. The number of carbonyl (C=O) groups is 2. The molecule has 51 heavy (non-hydrogen) atoms. The molecule has 0 atom stereocenters. The number of sulfonamides is 2. The molecule has 0 fully saturated rings. The first-order chi connectivity index (χ1) is 24.1. The van der Waals surface area contributed by atoms with E-state index in [9.17, 15) is 34.8 Å².